The molecule has 2 heterocycles. The fourth-order valence-electron chi connectivity index (χ4n) is 3.33. The minimum atomic E-state index is -3.71. The van der Waals surface area contributed by atoms with Gasteiger partial charge in [-0.3, -0.25) is 4.79 Å². The molecule has 2 N–H and O–H groups in total. The Hall–Kier alpha value is -1.38. The van der Waals surface area contributed by atoms with Crippen molar-refractivity contribution in [3.63, 3.8) is 0 Å². The van der Waals surface area contributed by atoms with Crippen LogP contribution in [0.4, 0.5) is 0 Å². The van der Waals surface area contributed by atoms with Gasteiger partial charge in [0, 0.05) is 13.1 Å². The molecule has 128 valence electrons. The van der Waals surface area contributed by atoms with E-state index in [0.29, 0.717) is 12.2 Å². The molecule has 1 saturated carbocycles. The van der Waals surface area contributed by atoms with Gasteiger partial charge < -0.3 is 9.73 Å². The summed E-state index contributed by atoms with van der Waals surface area (Å²) in [7, 11) is -2.27. The molecule has 2 fully saturated rings. The van der Waals surface area contributed by atoms with Gasteiger partial charge in [-0.05, 0) is 31.4 Å². The number of carbonyl (C=O) groups is 1. The Labute approximate surface area is 136 Å². The normalized spacial score (nSPS) is 29.3. The SMILES string of the molecule is CN1[C@@H](C(=O)NC2CCCCC2)C[C@@H](c2ccco2)NS1(=O)=O. The third kappa shape index (κ3) is 3.59. The van der Waals surface area contributed by atoms with Crippen LogP contribution < -0.4 is 10.0 Å². The highest BCUT2D eigenvalue weighted by atomic mass is 32.2. The molecule has 0 bridgehead atoms. The lowest BCUT2D eigenvalue weighted by molar-refractivity contribution is -0.126. The second-order valence-corrected chi connectivity index (χ2v) is 8.06. The monoisotopic (exact) mass is 341 g/mol. The second kappa shape index (κ2) is 6.62. The molecule has 1 aromatic heterocycles. The van der Waals surface area contributed by atoms with Crippen LogP contribution in [-0.4, -0.2) is 37.8 Å². The van der Waals surface area contributed by atoms with Crippen LogP contribution in [0.1, 0.15) is 50.3 Å². The fraction of sp³-hybridized carbons (Fsp3) is 0.667. The number of likely N-dealkylation sites (N-methyl/N-ethyl adjacent to an activating group) is 1. The van der Waals surface area contributed by atoms with Gasteiger partial charge in [0.05, 0.1) is 12.3 Å². The van der Waals surface area contributed by atoms with Crippen LogP contribution in [0, 0.1) is 0 Å². The van der Waals surface area contributed by atoms with Crippen LogP contribution in [0.25, 0.3) is 0 Å². The van der Waals surface area contributed by atoms with Gasteiger partial charge in [-0.25, -0.2) is 0 Å². The van der Waals surface area contributed by atoms with Gasteiger partial charge in [-0.2, -0.15) is 17.4 Å². The van der Waals surface area contributed by atoms with E-state index in [-0.39, 0.29) is 11.9 Å². The van der Waals surface area contributed by atoms with E-state index < -0.39 is 22.3 Å². The van der Waals surface area contributed by atoms with Gasteiger partial charge in [0.1, 0.15) is 11.8 Å². The van der Waals surface area contributed by atoms with Crippen molar-refractivity contribution in [1.29, 1.82) is 0 Å². The van der Waals surface area contributed by atoms with Crippen molar-refractivity contribution in [2.75, 3.05) is 7.05 Å². The van der Waals surface area contributed by atoms with E-state index in [1.54, 1.807) is 12.1 Å². The zero-order valence-corrected chi connectivity index (χ0v) is 14.0. The summed E-state index contributed by atoms with van der Waals surface area (Å²) in [5.41, 5.74) is 0. The smallest absolute Gasteiger partial charge is 0.280 e. The zero-order chi connectivity index (χ0) is 16.4. The molecule has 2 atom stereocenters. The van der Waals surface area contributed by atoms with E-state index in [9.17, 15) is 13.2 Å². The van der Waals surface area contributed by atoms with Gasteiger partial charge in [0.25, 0.3) is 10.2 Å². The highest BCUT2D eigenvalue weighted by molar-refractivity contribution is 7.87. The van der Waals surface area contributed by atoms with E-state index in [1.807, 2.05) is 0 Å². The first-order chi connectivity index (χ1) is 11.0. The Balaban J connectivity index is 1.74. The van der Waals surface area contributed by atoms with Gasteiger partial charge in [0.2, 0.25) is 5.91 Å². The van der Waals surface area contributed by atoms with Gasteiger partial charge in [-0.1, -0.05) is 19.3 Å². The first-order valence-corrected chi connectivity index (χ1v) is 9.50. The third-order valence-electron chi connectivity index (χ3n) is 4.71. The Bertz CT molecular complexity index is 638. The van der Waals surface area contributed by atoms with Crippen LogP contribution in [0.5, 0.6) is 0 Å². The lowest BCUT2D eigenvalue weighted by Crippen LogP contribution is -2.58. The number of nitrogens with one attached hydrogen (secondary N) is 2. The molecule has 0 unspecified atom stereocenters. The number of hydrogen-bond donors (Lipinski definition) is 2. The summed E-state index contributed by atoms with van der Waals surface area (Å²) >= 11 is 0. The quantitative estimate of drug-likeness (QED) is 0.867. The van der Waals surface area contributed by atoms with Crippen molar-refractivity contribution >= 4 is 16.1 Å². The summed E-state index contributed by atoms with van der Waals surface area (Å²) in [6.07, 6.45) is 7.21. The molecule has 8 heteroatoms. The van der Waals surface area contributed by atoms with Gasteiger partial charge >= 0.3 is 0 Å². The number of amides is 1. The summed E-state index contributed by atoms with van der Waals surface area (Å²) in [4.78, 5) is 12.6. The molecule has 0 radical (unpaired) electrons. The molecule has 2 aliphatic rings. The number of nitrogens with zero attached hydrogens (tertiary/aromatic N) is 1. The summed E-state index contributed by atoms with van der Waals surface area (Å²) < 4.78 is 33.6. The maximum atomic E-state index is 12.6. The average Bonchev–Trinajstić information content (AvgIpc) is 3.05. The van der Waals surface area contributed by atoms with E-state index >= 15 is 0 Å². The molecule has 1 amide bonds. The van der Waals surface area contributed by atoms with Crippen molar-refractivity contribution in [2.45, 2.75) is 56.7 Å². The first-order valence-electron chi connectivity index (χ1n) is 8.06. The van der Waals surface area contributed by atoms with Crippen LogP contribution >= 0.6 is 0 Å². The highest BCUT2D eigenvalue weighted by Crippen LogP contribution is 2.28. The van der Waals surface area contributed by atoms with Crippen molar-refractivity contribution in [1.82, 2.24) is 14.3 Å². The van der Waals surface area contributed by atoms with Crippen molar-refractivity contribution < 1.29 is 17.6 Å². The molecule has 23 heavy (non-hydrogen) atoms. The average molecular weight is 341 g/mol. The largest absolute Gasteiger partial charge is 0.468 e. The molecule has 1 aliphatic carbocycles. The number of furan rings is 1. The minimum absolute atomic E-state index is 0.157. The van der Waals surface area contributed by atoms with Crippen LogP contribution in [0.3, 0.4) is 0 Å². The predicted molar refractivity (Wildman–Crippen MR) is 84.7 cm³/mol. The molecule has 7 nitrogen and oxygen atoms in total. The third-order valence-corrected chi connectivity index (χ3v) is 6.30. The van der Waals surface area contributed by atoms with Crippen molar-refractivity contribution in [2.24, 2.45) is 0 Å². The predicted octanol–water partition coefficient (Wildman–Crippen LogP) is 1.31. The molecular weight excluding hydrogens is 318 g/mol. The molecule has 0 aromatic carbocycles. The number of hydrogen-bond acceptors (Lipinski definition) is 4. The Kier molecular flexibility index (Phi) is 4.74. The fourth-order valence-corrected chi connectivity index (χ4v) is 4.59. The lowest BCUT2D eigenvalue weighted by Gasteiger charge is -2.36. The summed E-state index contributed by atoms with van der Waals surface area (Å²) in [5.74, 6) is 0.304. The second-order valence-electron chi connectivity index (χ2n) is 6.30. The molecular formula is C15H23N3O4S. The Morgan fingerprint density at radius 3 is 2.74 bits per heavy atom. The van der Waals surface area contributed by atoms with Gasteiger partial charge in [-0.15, -0.1) is 0 Å². The standard InChI is InChI=1S/C15H23N3O4S/c1-18-13(15(19)16-11-6-3-2-4-7-11)10-12(17-23(18,20)21)14-8-5-9-22-14/h5,8-9,11-13,17H,2-4,6-7,10H2,1H3,(H,16,19)/t12-,13+/m0/s1. The number of carbonyl (C=O) groups excluding carboxylic acids is 1. The lowest BCUT2D eigenvalue weighted by atomic mass is 9.95. The molecule has 1 saturated heterocycles. The Morgan fingerprint density at radius 1 is 1.35 bits per heavy atom. The zero-order valence-electron chi connectivity index (χ0n) is 13.2. The molecule has 1 aromatic rings. The van der Waals surface area contributed by atoms with Crippen LogP contribution in [-0.2, 0) is 15.0 Å². The summed E-state index contributed by atoms with van der Waals surface area (Å²) in [6.45, 7) is 0. The van der Waals surface area contributed by atoms with E-state index in [1.165, 1.54) is 19.7 Å². The topological polar surface area (TPSA) is 91.7 Å². The maximum absolute atomic E-state index is 12.6. The first kappa shape index (κ1) is 16.5. The van der Waals surface area contributed by atoms with E-state index in [2.05, 4.69) is 10.0 Å². The molecule has 1 aliphatic heterocycles. The minimum Gasteiger partial charge on any atom is -0.468 e. The van der Waals surface area contributed by atoms with Crippen molar-refractivity contribution in [3.05, 3.63) is 24.2 Å². The van der Waals surface area contributed by atoms with Crippen LogP contribution in [0.15, 0.2) is 22.8 Å². The van der Waals surface area contributed by atoms with Crippen LogP contribution in [0.2, 0.25) is 0 Å². The highest BCUT2D eigenvalue weighted by Gasteiger charge is 2.41. The van der Waals surface area contributed by atoms with Gasteiger partial charge in [0.15, 0.2) is 0 Å². The summed E-state index contributed by atoms with van der Waals surface area (Å²) in [5, 5.41) is 3.02. The molecule has 3 rings (SSSR count). The maximum Gasteiger partial charge on any atom is 0.280 e. The van der Waals surface area contributed by atoms with E-state index in [4.69, 9.17) is 4.42 Å². The van der Waals surface area contributed by atoms with E-state index in [0.717, 1.165) is 30.0 Å². The summed E-state index contributed by atoms with van der Waals surface area (Å²) in [6, 6.07) is 2.34. The molecule has 0 spiro atoms. The Morgan fingerprint density at radius 2 is 2.09 bits per heavy atom. The van der Waals surface area contributed by atoms with Crippen molar-refractivity contribution in [3.8, 4) is 0 Å². The number of rotatable bonds is 3.